The van der Waals surface area contributed by atoms with Crippen LogP contribution in [0.5, 0.6) is 0 Å². The van der Waals surface area contributed by atoms with Gasteiger partial charge in [-0.15, -0.1) is 0 Å². The van der Waals surface area contributed by atoms with E-state index in [9.17, 15) is 0 Å². The first kappa shape index (κ1) is 12.7. The number of hydrogen-bond acceptors (Lipinski definition) is 1. The first-order chi connectivity index (χ1) is 7.31. The van der Waals surface area contributed by atoms with E-state index in [0.717, 1.165) is 5.56 Å². The van der Waals surface area contributed by atoms with Crippen molar-refractivity contribution in [1.29, 1.82) is 0 Å². The van der Waals surface area contributed by atoms with Crippen LogP contribution in [0.1, 0.15) is 11.8 Å². The topological polar surface area (TPSA) is 18.0 Å². The van der Waals surface area contributed by atoms with Crippen molar-refractivity contribution >= 4 is 0 Å². The minimum absolute atomic E-state index is 0. The van der Waals surface area contributed by atoms with Crippen molar-refractivity contribution in [3.63, 3.8) is 0 Å². The van der Waals surface area contributed by atoms with Gasteiger partial charge in [-0.1, -0.05) is 30.3 Å². The number of hydrogen-bond donors (Lipinski definition) is 0. The van der Waals surface area contributed by atoms with Crippen LogP contribution < -0.4 is 17.0 Å². The van der Waals surface area contributed by atoms with Gasteiger partial charge in [-0.05, 0) is 0 Å². The van der Waals surface area contributed by atoms with Gasteiger partial charge in [-0.25, -0.2) is 9.13 Å². The maximum atomic E-state index is 5.49. The van der Waals surface area contributed by atoms with E-state index in [-0.39, 0.29) is 18.6 Å². The Labute approximate surface area is 102 Å². The second-order valence-corrected chi connectivity index (χ2v) is 3.53. The number of halogens is 1. The summed E-state index contributed by atoms with van der Waals surface area (Å²) < 4.78 is 9.52. The molecule has 0 N–H and O–H groups in total. The Hall–Kier alpha value is -1.32. The number of rotatable bonds is 3. The van der Waals surface area contributed by atoms with E-state index in [1.807, 2.05) is 53.1 Å². The van der Waals surface area contributed by atoms with Crippen LogP contribution >= 0.6 is 0 Å². The first-order valence-corrected chi connectivity index (χ1v) is 4.91. The monoisotopic (exact) mass is 238 g/mol. The third kappa shape index (κ3) is 2.62. The molecule has 1 atom stereocenters. The first-order valence-electron chi connectivity index (χ1n) is 4.91. The van der Waals surface area contributed by atoms with Crippen LogP contribution in [0, 0.1) is 0 Å². The van der Waals surface area contributed by atoms with Crippen LogP contribution in [-0.2, 0) is 11.8 Å². The molecule has 0 amide bonds. The molecule has 1 unspecified atom stereocenters. The Morgan fingerprint density at radius 2 is 1.94 bits per heavy atom. The normalized spacial score (nSPS) is 11.9. The van der Waals surface area contributed by atoms with Crippen LogP contribution in [0.2, 0.25) is 0 Å². The lowest BCUT2D eigenvalue weighted by Crippen LogP contribution is -3.00. The summed E-state index contributed by atoms with van der Waals surface area (Å²) in [4.78, 5) is 0. The smallest absolute Gasteiger partial charge is 0.245 e. The molecule has 16 heavy (non-hydrogen) atoms. The lowest BCUT2D eigenvalue weighted by Gasteiger charge is -2.11. The Bertz CT molecular complexity index is 428. The molecule has 0 fully saturated rings. The summed E-state index contributed by atoms with van der Waals surface area (Å²) in [5.74, 6) is 0. The Morgan fingerprint density at radius 3 is 2.44 bits per heavy atom. The highest BCUT2D eigenvalue weighted by Crippen LogP contribution is 2.17. The molecule has 0 saturated carbocycles. The standard InChI is InChI=1S/C12H15N2O.ClH/c1-13-8-9-14(10-13)12(15-2)11-6-4-3-5-7-11;/h3-10,12H,1-2H3;1H/q+1;/p-1. The summed E-state index contributed by atoms with van der Waals surface area (Å²) in [5, 5.41) is 0. The Balaban J connectivity index is 0.00000128. The van der Waals surface area contributed by atoms with Crippen molar-refractivity contribution in [3.8, 4) is 0 Å². The second kappa shape index (κ2) is 5.68. The second-order valence-electron chi connectivity index (χ2n) is 3.53. The minimum Gasteiger partial charge on any atom is -1.00 e. The van der Waals surface area contributed by atoms with E-state index in [2.05, 4.69) is 12.1 Å². The predicted molar refractivity (Wildman–Crippen MR) is 57.2 cm³/mol. The fourth-order valence-electron chi connectivity index (χ4n) is 1.66. The summed E-state index contributed by atoms with van der Waals surface area (Å²) in [5.41, 5.74) is 1.15. The predicted octanol–water partition coefficient (Wildman–Crippen LogP) is -1.49. The van der Waals surface area contributed by atoms with Crippen molar-refractivity contribution < 1.29 is 21.7 Å². The summed E-state index contributed by atoms with van der Waals surface area (Å²) >= 11 is 0. The molecular weight excluding hydrogens is 224 g/mol. The lowest BCUT2D eigenvalue weighted by atomic mass is 10.2. The van der Waals surface area contributed by atoms with Gasteiger partial charge in [0.1, 0.15) is 12.4 Å². The molecule has 0 radical (unpaired) electrons. The summed E-state index contributed by atoms with van der Waals surface area (Å²) in [7, 11) is 3.71. The fraction of sp³-hybridized carbons (Fsp3) is 0.250. The maximum absolute atomic E-state index is 5.49. The molecule has 3 nitrogen and oxygen atoms in total. The number of aromatic nitrogens is 2. The highest BCUT2D eigenvalue weighted by Gasteiger charge is 2.16. The zero-order valence-corrected chi connectivity index (χ0v) is 10.1. The molecule has 1 aromatic heterocycles. The number of nitrogens with zero attached hydrogens (tertiary/aromatic N) is 2. The van der Waals surface area contributed by atoms with Gasteiger partial charge in [0.05, 0.1) is 7.05 Å². The third-order valence-electron chi connectivity index (χ3n) is 2.37. The highest BCUT2D eigenvalue weighted by molar-refractivity contribution is 5.17. The van der Waals surface area contributed by atoms with Gasteiger partial charge in [-0.3, -0.25) is 0 Å². The molecule has 0 saturated heterocycles. The van der Waals surface area contributed by atoms with E-state index in [0.29, 0.717) is 0 Å². The molecule has 4 heteroatoms. The van der Waals surface area contributed by atoms with Crippen molar-refractivity contribution in [2.75, 3.05) is 7.11 Å². The van der Waals surface area contributed by atoms with Crippen LogP contribution in [0.3, 0.4) is 0 Å². The molecule has 1 heterocycles. The summed E-state index contributed by atoms with van der Waals surface area (Å²) in [6.45, 7) is 0. The van der Waals surface area contributed by atoms with Gasteiger partial charge in [0, 0.05) is 12.7 Å². The quantitative estimate of drug-likeness (QED) is 0.596. The highest BCUT2D eigenvalue weighted by atomic mass is 35.5. The summed E-state index contributed by atoms with van der Waals surface area (Å²) in [6, 6.07) is 10.2. The van der Waals surface area contributed by atoms with Gasteiger partial charge in [0.2, 0.25) is 12.6 Å². The van der Waals surface area contributed by atoms with E-state index in [4.69, 9.17) is 4.74 Å². The Kier molecular flexibility index (Phi) is 4.52. The molecule has 2 aromatic rings. The average molecular weight is 239 g/mol. The van der Waals surface area contributed by atoms with Gasteiger partial charge >= 0.3 is 0 Å². The van der Waals surface area contributed by atoms with Crippen LogP contribution in [0.4, 0.5) is 0 Å². The van der Waals surface area contributed by atoms with E-state index in [1.165, 1.54) is 0 Å². The van der Waals surface area contributed by atoms with Crippen LogP contribution in [-0.4, -0.2) is 11.7 Å². The van der Waals surface area contributed by atoms with Gasteiger partial charge in [-0.2, -0.15) is 0 Å². The third-order valence-corrected chi connectivity index (χ3v) is 2.37. The Morgan fingerprint density at radius 1 is 1.25 bits per heavy atom. The average Bonchev–Trinajstić information content (AvgIpc) is 2.68. The van der Waals surface area contributed by atoms with Crippen molar-refractivity contribution in [1.82, 2.24) is 4.57 Å². The van der Waals surface area contributed by atoms with Gasteiger partial charge in [0.25, 0.3) is 0 Å². The largest absolute Gasteiger partial charge is 1.00 e. The molecule has 86 valence electrons. The minimum atomic E-state index is -0.0487. The number of aryl methyl sites for hydroxylation is 1. The molecule has 0 aliphatic heterocycles. The zero-order chi connectivity index (χ0) is 10.7. The number of benzene rings is 1. The number of ether oxygens (including phenoxy) is 1. The van der Waals surface area contributed by atoms with Crippen LogP contribution in [0.25, 0.3) is 0 Å². The molecule has 2 rings (SSSR count). The SMILES string of the molecule is COC(c1ccccc1)n1cc[n+](C)c1.[Cl-]. The van der Waals surface area contributed by atoms with E-state index in [1.54, 1.807) is 7.11 Å². The zero-order valence-electron chi connectivity index (χ0n) is 9.38. The molecule has 0 spiro atoms. The van der Waals surface area contributed by atoms with Crippen molar-refractivity contribution in [2.24, 2.45) is 7.05 Å². The van der Waals surface area contributed by atoms with Gasteiger partial charge in [0.15, 0.2) is 0 Å². The molecule has 1 aromatic carbocycles. The fourth-order valence-corrected chi connectivity index (χ4v) is 1.66. The molecule has 0 aliphatic carbocycles. The van der Waals surface area contributed by atoms with Crippen molar-refractivity contribution in [3.05, 3.63) is 54.6 Å². The number of imidazole rings is 1. The lowest BCUT2D eigenvalue weighted by molar-refractivity contribution is -0.671. The number of methoxy groups -OCH3 is 1. The van der Waals surface area contributed by atoms with Crippen LogP contribution in [0.15, 0.2) is 49.1 Å². The maximum Gasteiger partial charge on any atom is 0.245 e. The van der Waals surface area contributed by atoms with Gasteiger partial charge < -0.3 is 17.1 Å². The van der Waals surface area contributed by atoms with E-state index < -0.39 is 0 Å². The molecular formula is C12H15ClN2O. The van der Waals surface area contributed by atoms with Crippen molar-refractivity contribution in [2.45, 2.75) is 6.23 Å². The summed E-state index contributed by atoms with van der Waals surface area (Å²) in [6.07, 6.45) is 5.95. The molecule has 0 bridgehead atoms. The molecule has 0 aliphatic rings. The van der Waals surface area contributed by atoms with E-state index >= 15 is 0 Å².